The van der Waals surface area contributed by atoms with Crippen LogP contribution < -0.4 is 4.72 Å². The number of sulfonamides is 1. The molecule has 0 fully saturated rings. The van der Waals surface area contributed by atoms with Crippen molar-refractivity contribution in [1.82, 2.24) is 9.97 Å². The molecule has 2 aromatic carbocycles. The predicted octanol–water partition coefficient (Wildman–Crippen LogP) is 2.54. The van der Waals surface area contributed by atoms with E-state index in [2.05, 4.69) is 14.7 Å². The number of carbonyl (C=O) groups is 1. The van der Waals surface area contributed by atoms with E-state index >= 15 is 0 Å². The van der Waals surface area contributed by atoms with Gasteiger partial charge in [0.1, 0.15) is 5.82 Å². The molecule has 124 valence electrons. The van der Waals surface area contributed by atoms with Gasteiger partial charge in [-0.2, -0.15) is 0 Å². The number of carbonyl (C=O) groups excluding carboxylic acids is 1. The Balaban J connectivity index is 1.86. The van der Waals surface area contributed by atoms with Crippen molar-refractivity contribution in [1.29, 1.82) is 0 Å². The number of imidazole rings is 1. The van der Waals surface area contributed by atoms with Gasteiger partial charge < -0.3 is 9.72 Å². The highest BCUT2D eigenvalue weighted by Crippen LogP contribution is 2.20. The van der Waals surface area contributed by atoms with Gasteiger partial charge >= 0.3 is 5.97 Å². The molecule has 2 N–H and O–H groups in total. The van der Waals surface area contributed by atoms with Crippen LogP contribution >= 0.6 is 0 Å². The third-order valence-electron chi connectivity index (χ3n) is 3.32. The maximum Gasteiger partial charge on any atom is 0.374 e. The fourth-order valence-electron chi connectivity index (χ4n) is 2.21. The number of H-pyrrole nitrogens is 1. The molecule has 0 atom stereocenters. The number of anilines is 1. The molecule has 1 heterocycles. The molecule has 0 amide bonds. The first kappa shape index (κ1) is 16.0. The SMILES string of the molecule is CCOC(=O)c1ncc(NS(=O)(=O)c2ccc3ccccc3c2)[nH]1. The second-order valence-corrected chi connectivity index (χ2v) is 6.66. The number of benzene rings is 2. The first-order valence-electron chi connectivity index (χ1n) is 7.23. The first-order valence-corrected chi connectivity index (χ1v) is 8.71. The second kappa shape index (κ2) is 6.32. The van der Waals surface area contributed by atoms with E-state index in [0.717, 1.165) is 10.8 Å². The van der Waals surface area contributed by atoms with Gasteiger partial charge in [0.05, 0.1) is 17.7 Å². The highest BCUT2D eigenvalue weighted by molar-refractivity contribution is 7.92. The molecule has 24 heavy (non-hydrogen) atoms. The highest BCUT2D eigenvalue weighted by Gasteiger charge is 2.18. The van der Waals surface area contributed by atoms with Crippen molar-refractivity contribution < 1.29 is 17.9 Å². The van der Waals surface area contributed by atoms with Crippen molar-refractivity contribution in [3.05, 3.63) is 54.5 Å². The summed E-state index contributed by atoms with van der Waals surface area (Å²) in [7, 11) is -3.80. The van der Waals surface area contributed by atoms with Crippen LogP contribution in [0.3, 0.4) is 0 Å². The van der Waals surface area contributed by atoms with Gasteiger partial charge in [0.2, 0.25) is 5.82 Å². The molecule has 0 unspecified atom stereocenters. The lowest BCUT2D eigenvalue weighted by atomic mass is 10.1. The molecule has 0 aliphatic carbocycles. The summed E-state index contributed by atoms with van der Waals surface area (Å²) in [5.74, 6) is -0.618. The summed E-state index contributed by atoms with van der Waals surface area (Å²) in [6, 6.07) is 12.3. The third-order valence-corrected chi connectivity index (χ3v) is 4.68. The number of fused-ring (bicyclic) bond motifs is 1. The average molecular weight is 345 g/mol. The van der Waals surface area contributed by atoms with Gasteiger partial charge in [-0.3, -0.25) is 4.72 Å². The molecular weight excluding hydrogens is 330 g/mol. The maximum atomic E-state index is 12.5. The monoisotopic (exact) mass is 345 g/mol. The van der Waals surface area contributed by atoms with Gasteiger partial charge in [0.15, 0.2) is 0 Å². The van der Waals surface area contributed by atoms with Crippen LogP contribution in [0.1, 0.15) is 17.5 Å². The van der Waals surface area contributed by atoms with E-state index < -0.39 is 16.0 Å². The zero-order valence-electron chi connectivity index (χ0n) is 12.8. The number of nitrogens with one attached hydrogen (secondary N) is 2. The Hall–Kier alpha value is -2.87. The Morgan fingerprint density at radius 2 is 1.96 bits per heavy atom. The minimum atomic E-state index is -3.80. The molecule has 3 aromatic rings. The van der Waals surface area contributed by atoms with Crippen molar-refractivity contribution in [3.63, 3.8) is 0 Å². The van der Waals surface area contributed by atoms with E-state index in [4.69, 9.17) is 4.74 Å². The van der Waals surface area contributed by atoms with E-state index in [1.54, 1.807) is 19.1 Å². The lowest BCUT2D eigenvalue weighted by molar-refractivity contribution is 0.0513. The van der Waals surface area contributed by atoms with Gasteiger partial charge in [0, 0.05) is 0 Å². The van der Waals surface area contributed by atoms with E-state index in [9.17, 15) is 13.2 Å². The average Bonchev–Trinajstić information content (AvgIpc) is 3.02. The molecule has 8 heteroatoms. The minimum Gasteiger partial charge on any atom is -0.460 e. The van der Waals surface area contributed by atoms with E-state index in [1.165, 1.54) is 12.3 Å². The van der Waals surface area contributed by atoms with Gasteiger partial charge in [-0.25, -0.2) is 18.2 Å². The molecule has 0 saturated heterocycles. The molecule has 0 radical (unpaired) electrons. The summed E-state index contributed by atoms with van der Waals surface area (Å²) in [5, 5.41) is 1.76. The molecule has 0 saturated carbocycles. The second-order valence-electron chi connectivity index (χ2n) is 4.98. The number of rotatable bonds is 5. The lowest BCUT2D eigenvalue weighted by Gasteiger charge is -2.07. The van der Waals surface area contributed by atoms with Gasteiger partial charge in [0.25, 0.3) is 10.0 Å². The quantitative estimate of drug-likeness (QED) is 0.692. The Kier molecular flexibility index (Phi) is 4.22. The van der Waals surface area contributed by atoms with Crippen molar-refractivity contribution in [2.45, 2.75) is 11.8 Å². The van der Waals surface area contributed by atoms with Gasteiger partial charge in [-0.1, -0.05) is 30.3 Å². The molecule has 7 nitrogen and oxygen atoms in total. The van der Waals surface area contributed by atoms with Crippen LogP contribution in [0.2, 0.25) is 0 Å². The molecule has 0 aliphatic heterocycles. The van der Waals surface area contributed by atoms with Crippen LogP contribution in [0.5, 0.6) is 0 Å². The fourth-order valence-corrected chi connectivity index (χ4v) is 3.25. The van der Waals surface area contributed by atoms with Crippen LogP contribution in [0.4, 0.5) is 5.82 Å². The lowest BCUT2D eigenvalue weighted by Crippen LogP contribution is -2.13. The normalized spacial score (nSPS) is 11.4. The number of esters is 1. The predicted molar refractivity (Wildman–Crippen MR) is 89.3 cm³/mol. The zero-order valence-corrected chi connectivity index (χ0v) is 13.6. The standard InChI is InChI=1S/C16H15N3O4S/c1-2-23-16(20)15-17-10-14(18-15)19-24(21,22)13-8-7-11-5-3-4-6-12(11)9-13/h3-10,19H,2H2,1H3,(H,17,18). The van der Waals surface area contributed by atoms with E-state index in [-0.39, 0.29) is 23.1 Å². The first-order chi connectivity index (χ1) is 11.5. The molecule has 1 aromatic heterocycles. The summed E-state index contributed by atoms with van der Waals surface area (Å²) in [5.41, 5.74) is 0. The molecule has 0 bridgehead atoms. The van der Waals surface area contributed by atoms with Gasteiger partial charge in [-0.15, -0.1) is 0 Å². The summed E-state index contributed by atoms with van der Waals surface area (Å²) in [4.78, 5) is 18.1. The Morgan fingerprint density at radius 1 is 1.21 bits per heavy atom. The smallest absolute Gasteiger partial charge is 0.374 e. The van der Waals surface area contributed by atoms with Crippen LogP contribution in [0.15, 0.2) is 53.6 Å². The number of ether oxygens (including phenoxy) is 1. The fraction of sp³-hybridized carbons (Fsp3) is 0.125. The molecule has 0 aliphatic rings. The summed E-state index contributed by atoms with van der Waals surface area (Å²) >= 11 is 0. The third kappa shape index (κ3) is 3.23. The minimum absolute atomic E-state index is 0.0620. The van der Waals surface area contributed by atoms with Crippen LogP contribution in [0.25, 0.3) is 10.8 Å². The van der Waals surface area contributed by atoms with Crippen LogP contribution in [0, 0.1) is 0 Å². The number of aromatic nitrogens is 2. The van der Waals surface area contributed by atoms with Crippen LogP contribution in [-0.2, 0) is 14.8 Å². The molecular formula is C16H15N3O4S. The van der Waals surface area contributed by atoms with E-state index in [1.807, 2.05) is 24.3 Å². The zero-order chi connectivity index (χ0) is 17.2. The summed E-state index contributed by atoms with van der Waals surface area (Å²) in [6.45, 7) is 1.88. The van der Waals surface area contributed by atoms with Crippen LogP contribution in [-0.4, -0.2) is 31.0 Å². The van der Waals surface area contributed by atoms with Gasteiger partial charge in [-0.05, 0) is 29.8 Å². The van der Waals surface area contributed by atoms with Crippen molar-refractivity contribution in [3.8, 4) is 0 Å². The number of nitrogens with zero attached hydrogens (tertiary/aromatic N) is 1. The Labute approximate surface area is 138 Å². The Morgan fingerprint density at radius 3 is 2.71 bits per heavy atom. The largest absolute Gasteiger partial charge is 0.460 e. The number of hydrogen-bond acceptors (Lipinski definition) is 5. The number of aromatic amines is 1. The highest BCUT2D eigenvalue weighted by atomic mass is 32.2. The Bertz CT molecular complexity index is 995. The van der Waals surface area contributed by atoms with Crippen molar-refractivity contribution in [2.75, 3.05) is 11.3 Å². The summed E-state index contributed by atoms with van der Waals surface area (Å²) in [6.07, 6.45) is 1.23. The molecule has 3 rings (SSSR count). The topological polar surface area (TPSA) is 101 Å². The van der Waals surface area contributed by atoms with Crippen molar-refractivity contribution in [2.24, 2.45) is 0 Å². The summed E-state index contributed by atoms with van der Waals surface area (Å²) < 4.78 is 32.1. The number of hydrogen-bond donors (Lipinski definition) is 2. The maximum absolute atomic E-state index is 12.5. The van der Waals surface area contributed by atoms with E-state index in [0.29, 0.717) is 0 Å². The molecule has 0 spiro atoms. The van der Waals surface area contributed by atoms with Crippen molar-refractivity contribution >= 4 is 32.6 Å².